The van der Waals surface area contributed by atoms with Gasteiger partial charge in [0.15, 0.2) is 0 Å². The molecule has 0 amide bonds. The third-order valence-electron chi connectivity index (χ3n) is 5.17. The van der Waals surface area contributed by atoms with E-state index in [1.807, 2.05) is 12.3 Å². The fourth-order valence-electron chi connectivity index (χ4n) is 3.32. The van der Waals surface area contributed by atoms with Crippen molar-refractivity contribution in [1.29, 1.82) is 0 Å². The van der Waals surface area contributed by atoms with Crippen LogP contribution in [0.2, 0.25) is 0 Å². The maximum absolute atomic E-state index is 8.60. The van der Waals surface area contributed by atoms with E-state index in [9.17, 15) is 0 Å². The van der Waals surface area contributed by atoms with Gasteiger partial charge in [-0.2, -0.15) is 41.9 Å². The van der Waals surface area contributed by atoms with E-state index in [2.05, 4.69) is 57.9 Å². The Morgan fingerprint density at radius 1 is 0.634 bits per heavy atom. The maximum Gasteiger partial charge on any atom is 0.0777 e. The molecule has 2 rings (SSSR count). The van der Waals surface area contributed by atoms with E-state index in [4.69, 9.17) is 55.9 Å². The molecule has 41 heavy (non-hydrogen) atoms. The van der Waals surface area contributed by atoms with Crippen molar-refractivity contribution in [1.82, 2.24) is 24.6 Å². The Hall–Kier alpha value is -0.101. The fourth-order valence-corrected chi connectivity index (χ4v) is 3.32. The summed E-state index contributed by atoms with van der Waals surface area (Å²) in [4.78, 5) is 14.5. The van der Waals surface area contributed by atoms with Gasteiger partial charge < -0.3 is 19.6 Å². The maximum atomic E-state index is 8.60. The molecule has 249 valence electrons. The monoisotopic (exact) mass is 710 g/mol. The van der Waals surface area contributed by atoms with Gasteiger partial charge in [-0.25, -0.2) is 0 Å². The van der Waals surface area contributed by atoms with Crippen LogP contribution in [0.15, 0.2) is 24.4 Å². The molecule has 1 saturated heterocycles. The van der Waals surface area contributed by atoms with Crippen molar-refractivity contribution in [3.63, 3.8) is 0 Å². The molecule has 0 saturated carbocycles. The Labute approximate surface area is 257 Å². The number of likely N-dealkylation sites (N-methyl/N-ethyl adjacent to an activating group) is 3. The van der Waals surface area contributed by atoms with Gasteiger partial charge in [-0.15, -0.1) is 0 Å². The summed E-state index contributed by atoms with van der Waals surface area (Å²) in [6.07, 6.45) is 5.44. The molecular weight excluding hydrogens is 672 g/mol. The number of hydrogen-bond acceptors (Lipinski definition) is 17. The molecule has 3 N–H and O–H groups in total. The van der Waals surface area contributed by atoms with Gasteiger partial charge in [0.2, 0.25) is 0 Å². The second-order valence-electron chi connectivity index (χ2n) is 8.72. The minimum Gasteiger partial charge on any atom is -0.305 e. The zero-order valence-electron chi connectivity index (χ0n) is 23.0. The number of rotatable bonds is 3. The molecule has 1 aromatic heterocycles. The standard InChI is InChI=1S/C20H37N5.3ClHO4.Cu/c1-22-11-6-12-24(3)18-19-25(14-7-13-23(2)17-16-22)15-9-20-8-4-5-10-21-20;3*2-1(3,4)5;/h4-5,8,10H,6-7,9,11-19H2,1-3H3;3*(H,2,3,4,5);. The predicted molar refractivity (Wildman–Crippen MR) is 113 cm³/mol. The molecule has 0 aliphatic carbocycles. The molecule has 1 aliphatic heterocycles. The first-order valence-corrected chi connectivity index (χ1v) is 15.5. The van der Waals surface area contributed by atoms with Crippen LogP contribution in [0.25, 0.3) is 0 Å². The largest absolute Gasteiger partial charge is 0.305 e. The molecule has 1 aliphatic rings. The van der Waals surface area contributed by atoms with Crippen molar-refractivity contribution in [2.75, 3.05) is 80.0 Å². The predicted octanol–water partition coefficient (Wildman–Crippen LogP) is -10.9. The van der Waals surface area contributed by atoms with E-state index >= 15 is 0 Å². The van der Waals surface area contributed by atoms with Gasteiger partial charge in [0, 0.05) is 68.1 Å². The van der Waals surface area contributed by atoms with E-state index in [1.165, 1.54) is 57.8 Å². The summed E-state index contributed by atoms with van der Waals surface area (Å²) in [5.74, 6) is 0. The van der Waals surface area contributed by atoms with Gasteiger partial charge in [0.1, 0.15) is 0 Å². The van der Waals surface area contributed by atoms with Crippen molar-refractivity contribution in [3.05, 3.63) is 30.1 Å². The number of hydrogen-bond donors (Lipinski definition) is 3. The first-order valence-electron chi connectivity index (χ1n) is 11.7. The molecule has 0 unspecified atom stereocenters. The van der Waals surface area contributed by atoms with Crippen molar-refractivity contribution in [2.24, 2.45) is 0 Å². The van der Waals surface area contributed by atoms with Crippen LogP contribution in [0.3, 0.4) is 0 Å². The van der Waals surface area contributed by atoms with Crippen LogP contribution in [-0.2, 0) is 23.5 Å². The van der Waals surface area contributed by atoms with Crippen LogP contribution < -0.4 is 41.9 Å². The Balaban J connectivity index is -0.000000744. The van der Waals surface area contributed by atoms with Gasteiger partial charge in [-0.1, -0.05) is 6.07 Å². The van der Waals surface area contributed by atoms with Gasteiger partial charge >= 0.3 is 0 Å². The van der Waals surface area contributed by atoms with E-state index in [-0.39, 0.29) is 17.1 Å². The zero-order chi connectivity index (χ0) is 31.4. The average molecular weight is 712 g/mol. The molecule has 0 aromatic carbocycles. The van der Waals surface area contributed by atoms with Crippen molar-refractivity contribution >= 4 is 0 Å². The second kappa shape index (κ2) is 24.2. The second-order valence-corrected chi connectivity index (χ2v) is 11.1. The van der Waals surface area contributed by atoms with Crippen LogP contribution in [-0.4, -0.2) is 119 Å². The quantitative estimate of drug-likeness (QED) is 0.245. The first-order chi connectivity index (χ1) is 18.1. The van der Waals surface area contributed by atoms with Gasteiger partial charge in [0.25, 0.3) is 0 Å². The summed E-state index contributed by atoms with van der Waals surface area (Å²) in [6.45, 7) is 10.5. The molecule has 2 heterocycles. The third kappa shape index (κ3) is 47.1. The van der Waals surface area contributed by atoms with Gasteiger partial charge in [-0.3, -0.25) is 4.98 Å². The number of aromatic nitrogens is 1. The van der Waals surface area contributed by atoms with E-state index in [0.29, 0.717) is 0 Å². The molecule has 17 nitrogen and oxygen atoms in total. The molecule has 0 bridgehead atoms. The molecule has 0 atom stereocenters. The summed E-state index contributed by atoms with van der Waals surface area (Å²) in [5, 5.41) is 0. The third-order valence-corrected chi connectivity index (χ3v) is 5.17. The van der Waals surface area contributed by atoms with Crippen LogP contribution >= 0.6 is 0 Å². The summed E-state index contributed by atoms with van der Waals surface area (Å²) in [7, 11) is -7.32. The summed E-state index contributed by atoms with van der Waals surface area (Å²) in [5.41, 5.74) is 1.20. The summed E-state index contributed by atoms with van der Waals surface area (Å²) >= 11 is 0. The number of halogens is 3. The number of nitrogens with zero attached hydrogens (tertiary/aromatic N) is 5. The molecule has 21 heteroatoms. The molecule has 1 fully saturated rings. The van der Waals surface area contributed by atoms with Crippen LogP contribution in [0, 0.1) is 30.7 Å². The van der Waals surface area contributed by atoms with Gasteiger partial charge in [0.05, 0.1) is 44.7 Å². The van der Waals surface area contributed by atoms with Crippen molar-refractivity contribution in [2.45, 2.75) is 19.3 Å². The topological polar surface area (TPSA) is 294 Å². The average Bonchev–Trinajstić information content (AvgIpc) is 2.76. The van der Waals surface area contributed by atoms with Gasteiger partial charge in [-0.05, 0) is 72.3 Å². The van der Waals surface area contributed by atoms with Crippen LogP contribution in [0.1, 0.15) is 18.5 Å². The summed E-state index contributed by atoms with van der Waals surface area (Å²) < 4.78 is 98.2. The minimum atomic E-state index is -4.69. The molecule has 0 spiro atoms. The molecule has 1 aromatic rings. The smallest absolute Gasteiger partial charge is 0.0777 e. The van der Waals surface area contributed by atoms with Crippen molar-refractivity contribution in [3.8, 4) is 0 Å². The van der Waals surface area contributed by atoms with E-state index < -0.39 is 30.7 Å². The van der Waals surface area contributed by atoms with Crippen LogP contribution in [0.4, 0.5) is 0 Å². The first kappa shape index (κ1) is 45.3. The Kier molecular flexibility index (Phi) is 26.8. The minimum absolute atomic E-state index is 0. The van der Waals surface area contributed by atoms with E-state index in [1.54, 1.807) is 0 Å². The molecular formula is C20H40Cl3CuN5O12. The SMILES string of the molecule is CN1CCCN(C)CCN(CCc2ccccn2)CCCN(C)CC1.[Cu].[O-][Cl+3]([O-])([O-])O.[O-][Cl+3]([O-])([O-])O.[O-][Cl+3]([O-])([O-])O. The zero-order valence-corrected chi connectivity index (χ0v) is 26.2. The fraction of sp³-hybridized carbons (Fsp3) is 0.750. The normalized spacial score (nSPS) is 17.7. The molecule has 1 radical (unpaired) electrons. The number of pyridine rings is 1. The Bertz CT molecular complexity index is 690. The summed E-state index contributed by atoms with van der Waals surface area (Å²) in [6, 6.07) is 6.22. The van der Waals surface area contributed by atoms with E-state index in [0.717, 1.165) is 26.1 Å². The van der Waals surface area contributed by atoms with Crippen molar-refractivity contribution < 1.29 is 104 Å². The Morgan fingerprint density at radius 3 is 1.37 bits per heavy atom. The van der Waals surface area contributed by atoms with Crippen LogP contribution in [0.5, 0.6) is 0 Å². The Morgan fingerprint density at radius 2 is 1.00 bits per heavy atom.